The predicted molar refractivity (Wildman–Crippen MR) is 143 cm³/mol. The molecule has 0 spiro atoms. The van der Waals surface area contributed by atoms with Crippen molar-refractivity contribution in [1.29, 1.82) is 0 Å². The molecule has 0 saturated heterocycles. The van der Waals surface area contributed by atoms with Gasteiger partial charge in [0.25, 0.3) is 0 Å². The summed E-state index contributed by atoms with van der Waals surface area (Å²) in [4.78, 5) is 65.7. The third-order valence-electron chi connectivity index (χ3n) is 6.00. The molecule has 1 aromatic rings. The fraction of sp³-hybridized carbons (Fsp3) is 0.520. The lowest BCUT2D eigenvalue weighted by molar-refractivity contribution is -0.144. The number of nitrogens with one attached hydrogen (secondary N) is 3. The Morgan fingerprint density at radius 2 is 1.51 bits per heavy atom. The molecule has 0 aliphatic carbocycles. The summed E-state index contributed by atoms with van der Waals surface area (Å²) in [5.74, 6) is -5.78. The number of aliphatic imine (C=N–C) groups is 1. The third-order valence-corrected chi connectivity index (χ3v) is 6.00. The van der Waals surface area contributed by atoms with E-state index in [4.69, 9.17) is 17.2 Å². The number of guanidine groups is 1. The lowest BCUT2D eigenvalue weighted by Crippen LogP contribution is -2.58. The number of benzene rings is 1. The van der Waals surface area contributed by atoms with Crippen molar-refractivity contribution in [2.45, 2.75) is 70.1 Å². The number of amides is 3. The van der Waals surface area contributed by atoms with Gasteiger partial charge in [0.1, 0.15) is 18.1 Å². The summed E-state index contributed by atoms with van der Waals surface area (Å²) < 4.78 is 0. The largest absolute Gasteiger partial charge is 0.481 e. The second-order valence-corrected chi connectivity index (χ2v) is 9.18. The number of carboxylic acids is 2. The highest BCUT2D eigenvalue weighted by Crippen LogP contribution is 2.10. The lowest BCUT2D eigenvalue weighted by atomic mass is 9.98. The van der Waals surface area contributed by atoms with Crippen LogP contribution in [0.4, 0.5) is 0 Å². The fourth-order valence-electron chi connectivity index (χ4n) is 3.61. The van der Waals surface area contributed by atoms with E-state index in [-0.39, 0.29) is 31.8 Å². The molecule has 11 N–H and O–H groups in total. The van der Waals surface area contributed by atoms with Gasteiger partial charge in [-0.05, 0) is 30.7 Å². The quantitative estimate of drug-likeness (QED) is 0.0645. The fourth-order valence-corrected chi connectivity index (χ4v) is 3.61. The first-order valence-electron chi connectivity index (χ1n) is 12.6. The van der Waals surface area contributed by atoms with Crippen molar-refractivity contribution in [1.82, 2.24) is 16.0 Å². The number of nitrogens with zero attached hydrogens (tertiary/aromatic N) is 1. The minimum atomic E-state index is -1.60. The number of aliphatic carboxylic acids is 2. The predicted octanol–water partition coefficient (Wildman–Crippen LogP) is -1.33. The van der Waals surface area contributed by atoms with Crippen LogP contribution in [0, 0.1) is 5.92 Å². The molecule has 216 valence electrons. The van der Waals surface area contributed by atoms with Gasteiger partial charge in [-0.1, -0.05) is 50.6 Å². The minimum Gasteiger partial charge on any atom is -0.481 e. The van der Waals surface area contributed by atoms with Crippen molar-refractivity contribution in [3.05, 3.63) is 35.9 Å². The van der Waals surface area contributed by atoms with Crippen LogP contribution in [0.3, 0.4) is 0 Å². The normalized spacial score (nSPS) is 14.5. The summed E-state index contributed by atoms with van der Waals surface area (Å²) in [6, 6.07) is 3.91. The van der Waals surface area contributed by atoms with Crippen LogP contribution in [0.25, 0.3) is 0 Å². The number of carbonyl (C=O) groups excluding carboxylic acids is 3. The van der Waals surface area contributed by atoms with Crippen molar-refractivity contribution in [3.8, 4) is 0 Å². The van der Waals surface area contributed by atoms with E-state index in [9.17, 15) is 34.2 Å². The molecule has 14 heteroatoms. The first-order valence-corrected chi connectivity index (χ1v) is 12.6. The summed E-state index contributed by atoms with van der Waals surface area (Å²) in [6.07, 6.45) is 0.117. The van der Waals surface area contributed by atoms with Gasteiger partial charge in [-0.25, -0.2) is 4.79 Å². The maximum Gasteiger partial charge on any atom is 0.326 e. The standard InChI is InChI=1S/C25H39N7O7/c1-3-14(2)20(24(38)39)32-23(37)18(13-19(33)34)31-22(36)17(10-7-11-29-25(27)28)30-21(35)16(26)12-15-8-5-4-6-9-15/h4-6,8-9,14,16-18,20H,3,7,10-13,26H2,1-2H3,(H,30,35)(H,31,36)(H,32,37)(H,33,34)(H,38,39)(H4,27,28,29). The highest BCUT2D eigenvalue weighted by Gasteiger charge is 2.33. The van der Waals surface area contributed by atoms with Gasteiger partial charge in [-0.15, -0.1) is 0 Å². The van der Waals surface area contributed by atoms with Crippen LogP contribution < -0.4 is 33.2 Å². The van der Waals surface area contributed by atoms with Crippen molar-refractivity contribution >= 4 is 35.6 Å². The summed E-state index contributed by atoms with van der Waals surface area (Å²) in [5.41, 5.74) is 17.5. The van der Waals surface area contributed by atoms with E-state index in [2.05, 4.69) is 20.9 Å². The van der Waals surface area contributed by atoms with E-state index >= 15 is 0 Å². The van der Waals surface area contributed by atoms with Crippen molar-refractivity contribution < 1.29 is 34.2 Å². The summed E-state index contributed by atoms with van der Waals surface area (Å²) in [6.45, 7) is 3.50. The number of nitrogens with two attached hydrogens (primary N) is 3. The molecule has 0 saturated carbocycles. The van der Waals surface area contributed by atoms with Crippen LogP contribution in [-0.2, 0) is 30.4 Å². The Balaban J connectivity index is 3.05. The summed E-state index contributed by atoms with van der Waals surface area (Å²) >= 11 is 0. The van der Waals surface area contributed by atoms with Crippen molar-refractivity contribution in [2.24, 2.45) is 28.1 Å². The summed E-state index contributed by atoms with van der Waals surface area (Å²) in [7, 11) is 0. The van der Waals surface area contributed by atoms with Crippen LogP contribution in [-0.4, -0.2) is 76.5 Å². The highest BCUT2D eigenvalue weighted by molar-refractivity contribution is 5.95. The molecule has 5 unspecified atom stereocenters. The molecule has 0 bridgehead atoms. The van der Waals surface area contributed by atoms with E-state index < -0.39 is 66.2 Å². The Hall–Kier alpha value is -4.20. The molecule has 1 rings (SSSR count). The lowest BCUT2D eigenvalue weighted by Gasteiger charge is -2.26. The van der Waals surface area contributed by atoms with Crippen molar-refractivity contribution in [3.63, 3.8) is 0 Å². The van der Waals surface area contributed by atoms with E-state index in [0.717, 1.165) is 5.56 Å². The van der Waals surface area contributed by atoms with Gasteiger partial charge >= 0.3 is 11.9 Å². The van der Waals surface area contributed by atoms with Gasteiger partial charge in [0.05, 0.1) is 12.5 Å². The molecule has 14 nitrogen and oxygen atoms in total. The molecule has 1 aromatic carbocycles. The Labute approximate surface area is 226 Å². The first-order chi connectivity index (χ1) is 18.3. The van der Waals surface area contributed by atoms with Crippen LogP contribution in [0.15, 0.2) is 35.3 Å². The smallest absolute Gasteiger partial charge is 0.326 e. The monoisotopic (exact) mass is 549 g/mol. The van der Waals surface area contributed by atoms with Gasteiger partial charge in [-0.2, -0.15) is 0 Å². The SMILES string of the molecule is CCC(C)C(NC(=O)C(CC(=O)O)NC(=O)C(CCCN=C(N)N)NC(=O)C(N)Cc1ccccc1)C(=O)O. The molecule has 0 aliphatic heterocycles. The number of carbonyl (C=O) groups is 5. The summed E-state index contributed by atoms with van der Waals surface area (Å²) in [5, 5.41) is 25.9. The van der Waals surface area contributed by atoms with Crippen LogP contribution in [0.5, 0.6) is 0 Å². The van der Waals surface area contributed by atoms with Crippen LogP contribution >= 0.6 is 0 Å². The number of carboxylic acid groups (broad SMARTS) is 2. The maximum absolute atomic E-state index is 13.2. The molecule has 39 heavy (non-hydrogen) atoms. The Morgan fingerprint density at radius 1 is 0.923 bits per heavy atom. The third kappa shape index (κ3) is 12.3. The average molecular weight is 550 g/mol. The second-order valence-electron chi connectivity index (χ2n) is 9.18. The van der Waals surface area contributed by atoms with E-state index in [1.54, 1.807) is 38.1 Å². The zero-order valence-electron chi connectivity index (χ0n) is 22.1. The molecule has 0 radical (unpaired) electrons. The van der Waals surface area contributed by atoms with Crippen LogP contribution in [0.1, 0.15) is 45.1 Å². The van der Waals surface area contributed by atoms with Crippen LogP contribution in [0.2, 0.25) is 0 Å². The minimum absolute atomic E-state index is 0.0401. The van der Waals surface area contributed by atoms with Gasteiger partial charge in [0.2, 0.25) is 17.7 Å². The molecule has 0 heterocycles. The van der Waals surface area contributed by atoms with Crippen molar-refractivity contribution in [2.75, 3.05) is 6.54 Å². The second kappa shape index (κ2) is 16.6. The van der Waals surface area contributed by atoms with E-state index in [1.807, 2.05) is 6.07 Å². The zero-order chi connectivity index (χ0) is 29.5. The maximum atomic E-state index is 13.2. The zero-order valence-corrected chi connectivity index (χ0v) is 22.1. The van der Waals surface area contributed by atoms with E-state index in [1.165, 1.54) is 0 Å². The number of rotatable bonds is 17. The Kier molecular flexibility index (Phi) is 14.0. The Bertz CT molecular complexity index is 1020. The molecule has 3 amide bonds. The highest BCUT2D eigenvalue weighted by atomic mass is 16.4. The molecule has 0 aromatic heterocycles. The molecule has 0 aliphatic rings. The average Bonchev–Trinajstić information content (AvgIpc) is 2.87. The van der Waals surface area contributed by atoms with Gasteiger partial charge in [-0.3, -0.25) is 24.2 Å². The number of hydrogen-bond acceptors (Lipinski definition) is 7. The Morgan fingerprint density at radius 3 is 2.05 bits per heavy atom. The molecular weight excluding hydrogens is 510 g/mol. The van der Waals surface area contributed by atoms with Gasteiger partial charge < -0.3 is 43.4 Å². The molecule has 0 fully saturated rings. The topological polar surface area (TPSA) is 252 Å². The van der Waals surface area contributed by atoms with Gasteiger partial charge in [0, 0.05) is 6.54 Å². The molecular formula is C25H39N7O7. The van der Waals surface area contributed by atoms with E-state index in [0.29, 0.717) is 6.42 Å². The van der Waals surface area contributed by atoms with Gasteiger partial charge in [0.15, 0.2) is 5.96 Å². The first kappa shape index (κ1) is 32.8. The molecule has 5 atom stereocenters. The number of hydrogen-bond donors (Lipinski definition) is 8.